The van der Waals surface area contributed by atoms with Gasteiger partial charge in [-0.3, -0.25) is 4.79 Å². The van der Waals surface area contributed by atoms with Crippen LogP contribution in [0.2, 0.25) is 0 Å². The molecule has 0 bridgehead atoms. The summed E-state index contributed by atoms with van der Waals surface area (Å²) in [7, 11) is -3.56. The van der Waals surface area contributed by atoms with Crippen LogP contribution < -0.4 is 10.5 Å². The molecule has 84 valence electrons. The van der Waals surface area contributed by atoms with Crippen LogP contribution in [0, 0.1) is 6.92 Å². The fourth-order valence-corrected chi connectivity index (χ4v) is 1.29. The summed E-state index contributed by atoms with van der Waals surface area (Å²) in [5, 5.41) is 7.11. The first kappa shape index (κ1) is 11.7. The molecule has 1 aromatic heterocycles. The lowest BCUT2D eigenvalue weighted by molar-refractivity contribution is 0.0927. The van der Waals surface area contributed by atoms with Crippen molar-refractivity contribution in [1.29, 1.82) is 0 Å². The lowest BCUT2D eigenvalue weighted by atomic mass is 10.3. The standard InChI is InChI=1S/C7H11N3O4S/c1-5-6(14-4-10-5)7(11)9-2-3-15(8,12)13/h4H,2-3H2,1H3,(H,9,11)(H2,8,12,13). The van der Waals surface area contributed by atoms with E-state index >= 15 is 0 Å². The molecule has 0 aliphatic heterocycles. The van der Waals surface area contributed by atoms with Crippen LogP contribution in [0.4, 0.5) is 0 Å². The van der Waals surface area contributed by atoms with Crippen LogP contribution in [-0.4, -0.2) is 31.6 Å². The van der Waals surface area contributed by atoms with E-state index in [-0.39, 0.29) is 18.1 Å². The number of carbonyl (C=O) groups excluding carboxylic acids is 1. The zero-order valence-corrected chi connectivity index (χ0v) is 8.87. The van der Waals surface area contributed by atoms with E-state index < -0.39 is 15.9 Å². The Balaban J connectivity index is 2.48. The van der Waals surface area contributed by atoms with E-state index in [4.69, 9.17) is 9.56 Å². The van der Waals surface area contributed by atoms with E-state index in [0.29, 0.717) is 5.69 Å². The van der Waals surface area contributed by atoms with E-state index in [1.807, 2.05) is 0 Å². The Hall–Kier alpha value is -1.41. The summed E-state index contributed by atoms with van der Waals surface area (Å²) < 4.78 is 25.9. The maximum Gasteiger partial charge on any atom is 0.289 e. The summed E-state index contributed by atoms with van der Waals surface area (Å²) in [6.45, 7) is 1.55. The molecule has 0 unspecified atom stereocenters. The second-order valence-electron chi connectivity index (χ2n) is 2.89. The maximum absolute atomic E-state index is 11.3. The molecule has 0 aliphatic carbocycles. The molecule has 0 aromatic carbocycles. The van der Waals surface area contributed by atoms with Gasteiger partial charge in [0.2, 0.25) is 15.8 Å². The molecule has 8 heteroatoms. The molecule has 0 radical (unpaired) electrons. The van der Waals surface area contributed by atoms with Gasteiger partial charge in [0.15, 0.2) is 6.39 Å². The molecule has 15 heavy (non-hydrogen) atoms. The minimum atomic E-state index is -3.56. The van der Waals surface area contributed by atoms with Crippen LogP contribution in [0.25, 0.3) is 0 Å². The van der Waals surface area contributed by atoms with Gasteiger partial charge in [-0.05, 0) is 6.92 Å². The van der Waals surface area contributed by atoms with Crippen LogP contribution in [-0.2, 0) is 10.0 Å². The molecule has 1 aromatic rings. The molecular weight excluding hydrogens is 222 g/mol. The van der Waals surface area contributed by atoms with Gasteiger partial charge in [-0.25, -0.2) is 18.5 Å². The minimum Gasteiger partial charge on any atom is -0.438 e. The van der Waals surface area contributed by atoms with Crippen LogP contribution in [0.15, 0.2) is 10.8 Å². The first-order valence-electron chi connectivity index (χ1n) is 4.09. The Bertz CT molecular complexity index is 451. The summed E-state index contributed by atoms with van der Waals surface area (Å²) in [6.07, 6.45) is 1.14. The zero-order chi connectivity index (χ0) is 11.5. The summed E-state index contributed by atoms with van der Waals surface area (Å²) in [4.78, 5) is 15.1. The van der Waals surface area contributed by atoms with Crippen molar-refractivity contribution in [3.05, 3.63) is 17.8 Å². The van der Waals surface area contributed by atoms with Crippen molar-refractivity contribution in [3.8, 4) is 0 Å². The quantitative estimate of drug-likeness (QED) is 0.692. The van der Waals surface area contributed by atoms with Gasteiger partial charge >= 0.3 is 0 Å². The number of aromatic nitrogens is 1. The van der Waals surface area contributed by atoms with Crippen molar-refractivity contribution >= 4 is 15.9 Å². The van der Waals surface area contributed by atoms with Crippen LogP contribution >= 0.6 is 0 Å². The highest BCUT2D eigenvalue weighted by Gasteiger charge is 2.13. The van der Waals surface area contributed by atoms with Crippen LogP contribution in [0.1, 0.15) is 16.2 Å². The number of hydrogen-bond acceptors (Lipinski definition) is 5. The van der Waals surface area contributed by atoms with Gasteiger partial charge in [0, 0.05) is 6.54 Å². The number of nitrogens with zero attached hydrogens (tertiary/aromatic N) is 1. The molecule has 0 spiro atoms. The SMILES string of the molecule is Cc1ncoc1C(=O)NCCS(N)(=O)=O. The molecule has 1 heterocycles. The molecule has 0 saturated carbocycles. The third kappa shape index (κ3) is 3.68. The highest BCUT2D eigenvalue weighted by molar-refractivity contribution is 7.89. The number of oxazole rings is 1. The van der Waals surface area contributed by atoms with Gasteiger partial charge in [0.25, 0.3) is 5.91 Å². The molecule has 0 fully saturated rings. The molecule has 0 aliphatic rings. The van der Waals surface area contributed by atoms with Gasteiger partial charge in [0.05, 0.1) is 11.4 Å². The smallest absolute Gasteiger partial charge is 0.289 e. The molecular formula is C7H11N3O4S. The molecule has 0 atom stereocenters. The van der Waals surface area contributed by atoms with Crippen molar-refractivity contribution in [2.75, 3.05) is 12.3 Å². The van der Waals surface area contributed by atoms with Gasteiger partial charge in [0.1, 0.15) is 0 Å². The van der Waals surface area contributed by atoms with Crippen molar-refractivity contribution in [2.24, 2.45) is 5.14 Å². The van der Waals surface area contributed by atoms with E-state index in [2.05, 4.69) is 10.3 Å². The van der Waals surface area contributed by atoms with E-state index in [9.17, 15) is 13.2 Å². The first-order chi connectivity index (χ1) is 6.90. The average molecular weight is 233 g/mol. The zero-order valence-electron chi connectivity index (χ0n) is 8.06. The predicted octanol–water partition coefficient (Wildman–Crippen LogP) is -0.999. The summed E-state index contributed by atoms with van der Waals surface area (Å²) in [5.41, 5.74) is 0.447. The van der Waals surface area contributed by atoms with Crippen molar-refractivity contribution in [3.63, 3.8) is 0 Å². The Labute approximate surface area is 86.7 Å². The number of nitrogens with two attached hydrogens (primary N) is 1. The predicted molar refractivity (Wildman–Crippen MR) is 51.5 cm³/mol. The van der Waals surface area contributed by atoms with Gasteiger partial charge in [-0.15, -0.1) is 0 Å². The lowest BCUT2D eigenvalue weighted by Crippen LogP contribution is -2.31. The Morgan fingerprint density at radius 1 is 1.67 bits per heavy atom. The number of sulfonamides is 1. The number of amides is 1. The van der Waals surface area contributed by atoms with E-state index in [0.717, 1.165) is 6.39 Å². The van der Waals surface area contributed by atoms with Crippen molar-refractivity contribution in [1.82, 2.24) is 10.3 Å². The Morgan fingerprint density at radius 3 is 2.80 bits per heavy atom. The van der Waals surface area contributed by atoms with Crippen LogP contribution in [0.3, 0.4) is 0 Å². The third-order valence-electron chi connectivity index (χ3n) is 1.62. The summed E-state index contributed by atoms with van der Waals surface area (Å²) in [6, 6.07) is 0. The molecule has 1 amide bonds. The molecule has 0 saturated heterocycles. The number of carbonyl (C=O) groups is 1. The number of aryl methyl sites for hydroxylation is 1. The highest BCUT2D eigenvalue weighted by Crippen LogP contribution is 2.03. The Morgan fingerprint density at radius 2 is 2.33 bits per heavy atom. The fourth-order valence-electron chi connectivity index (χ4n) is 0.907. The fraction of sp³-hybridized carbons (Fsp3) is 0.429. The average Bonchev–Trinajstić information content (AvgIpc) is 2.48. The van der Waals surface area contributed by atoms with Gasteiger partial charge in [-0.1, -0.05) is 0 Å². The lowest BCUT2D eigenvalue weighted by Gasteiger charge is -2.01. The van der Waals surface area contributed by atoms with Crippen molar-refractivity contribution < 1.29 is 17.6 Å². The topological polar surface area (TPSA) is 115 Å². The van der Waals surface area contributed by atoms with Crippen LogP contribution in [0.5, 0.6) is 0 Å². The van der Waals surface area contributed by atoms with E-state index in [1.165, 1.54) is 0 Å². The molecule has 1 rings (SSSR count). The van der Waals surface area contributed by atoms with Gasteiger partial charge in [-0.2, -0.15) is 0 Å². The van der Waals surface area contributed by atoms with Crippen molar-refractivity contribution in [2.45, 2.75) is 6.92 Å². The van der Waals surface area contributed by atoms with E-state index in [1.54, 1.807) is 6.92 Å². The highest BCUT2D eigenvalue weighted by atomic mass is 32.2. The second-order valence-corrected chi connectivity index (χ2v) is 4.62. The summed E-state index contributed by atoms with van der Waals surface area (Å²) >= 11 is 0. The maximum atomic E-state index is 11.3. The second kappa shape index (κ2) is 4.41. The molecule has 3 N–H and O–H groups in total. The normalized spacial score (nSPS) is 11.3. The largest absolute Gasteiger partial charge is 0.438 e. The minimum absolute atomic E-state index is 0.0577. The molecule has 7 nitrogen and oxygen atoms in total. The Kier molecular flexibility index (Phi) is 3.43. The first-order valence-corrected chi connectivity index (χ1v) is 5.80. The number of rotatable bonds is 4. The van der Waals surface area contributed by atoms with Gasteiger partial charge < -0.3 is 9.73 Å². The monoisotopic (exact) mass is 233 g/mol. The number of hydrogen-bond donors (Lipinski definition) is 2. The summed E-state index contributed by atoms with van der Waals surface area (Å²) in [5.74, 6) is -0.746. The third-order valence-corrected chi connectivity index (χ3v) is 2.40. The number of nitrogens with one attached hydrogen (secondary N) is 1. The number of primary sulfonamides is 1.